The van der Waals surface area contributed by atoms with Gasteiger partial charge in [-0.05, 0) is 30.5 Å². The summed E-state index contributed by atoms with van der Waals surface area (Å²) in [5.41, 5.74) is 6.35. The average Bonchev–Trinajstić information content (AvgIpc) is 3.46. The minimum atomic E-state index is -0.0176. The van der Waals surface area contributed by atoms with Gasteiger partial charge in [0.1, 0.15) is 5.69 Å². The fraction of sp³-hybridized carbons (Fsp3) is 0.190. The van der Waals surface area contributed by atoms with Crippen molar-refractivity contribution < 1.29 is 4.79 Å². The van der Waals surface area contributed by atoms with Crippen molar-refractivity contribution in [1.82, 2.24) is 15.2 Å². The maximum atomic E-state index is 11.8. The molecule has 1 saturated carbocycles. The Bertz CT molecular complexity index is 960. The van der Waals surface area contributed by atoms with Gasteiger partial charge in [0.2, 0.25) is 5.91 Å². The lowest BCUT2D eigenvalue weighted by Gasteiger charge is -2.01. The molecule has 1 heterocycles. The molecule has 27 heavy (non-hydrogen) atoms. The number of nitrogens with one attached hydrogen (secondary N) is 1. The Morgan fingerprint density at radius 2 is 1.93 bits per heavy atom. The second kappa shape index (κ2) is 7.76. The molecule has 0 atom stereocenters. The number of carbonyl (C=O) groups is 1. The van der Waals surface area contributed by atoms with Gasteiger partial charge in [0.25, 0.3) is 0 Å². The largest absolute Gasteiger partial charge is 0.273 e. The van der Waals surface area contributed by atoms with Crippen LogP contribution in [-0.2, 0) is 11.3 Å². The summed E-state index contributed by atoms with van der Waals surface area (Å²) >= 11 is 6.01. The van der Waals surface area contributed by atoms with E-state index in [9.17, 15) is 4.79 Å². The second-order valence-electron chi connectivity index (χ2n) is 6.63. The van der Waals surface area contributed by atoms with Crippen LogP contribution in [0.4, 0.5) is 0 Å². The zero-order chi connectivity index (χ0) is 18.6. The molecule has 0 aliphatic heterocycles. The van der Waals surface area contributed by atoms with Crippen LogP contribution < -0.4 is 5.43 Å². The van der Waals surface area contributed by atoms with Crippen molar-refractivity contribution in [3.8, 4) is 11.3 Å². The fourth-order valence-corrected chi connectivity index (χ4v) is 2.94. The quantitative estimate of drug-likeness (QED) is 0.518. The van der Waals surface area contributed by atoms with E-state index in [0.29, 0.717) is 11.6 Å². The lowest BCUT2D eigenvalue weighted by molar-refractivity contribution is -0.122. The first-order valence-corrected chi connectivity index (χ1v) is 9.27. The number of halogens is 1. The molecule has 1 fully saturated rings. The van der Waals surface area contributed by atoms with Crippen molar-refractivity contribution in [2.45, 2.75) is 19.4 Å². The number of amides is 1. The normalized spacial score (nSPS) is 13.8. The number of carbonyl (C=O) groups excluding carboxylic acids is 1. The van der Waals surface area contributed by atoms with E-state index >= 15 is 0 Å². The zero-order valence-corrected chi connectivity index (χ0v) is 15.4. The molecular formula is C21H19ClN4O. The molecule has 0 spiro atoms. The molecule has 1 aliphatic carbocycles. The standard InChI is InChI=1S/C21H19ClN4O/c22-19-10-8-16(9-11-19)20-18(12-23-24-21(27)17-6-7-17)14-26(25-20)13-15-4-2-1-3-5-15/h1-5,8-12,14,17H,6-7,13H2,(H,24,27)/b23-12-. The number of aromatic nitrogens is 2. The van der Waals surface area contributed by atoms with Gasteiger partial charge in [0, 0.05) is 28.3 Å². The van der Waals surface area contributed by atoms with Crippen LogP contribution in [-0.4, -0.2) is 21.9 Å². The molecule has 136 valence electrons. The maximum Gasteiger partial charge on any atom is 0.243 e. The Morgan fingerprint density at radius 3 is 2.63 bits per heavy atom. The van der Waals surface area contributed by atoms with Gasteiger partial charge >= 0.3 is 0 Å². The highest BCUT2D eigenvalue weighted by Gasteiger charge is 2.29. The lowest BCUT2D eigenvalue weighted by Crippen LogP contribution is -2.18. The average molecular weight is 379 g/mol. The van der Waals surface area contributed by atoms with Crippen LogP contribution in [0.25, 0.3) is 11.3 Å². The molecule has 0 radical (unpaired) electrons. The van der Waals surface area contributed by atoms with Crippen molar-refractivity contribution in [2.24, 2.45) is 11.0 Å². The minimum Gasteiger partial charge on any atom is -0.273 e. The van der Waals surface area contributed by atoms with Crippen LogP contribution in [0.1, 0.15) is 24.0 Å². The lowest BCUT2D eigenvalue weighted by atomic mass is 10.1. The number of nitrogens with zero attached hydrogens (tertiary/aromatic N) is 3. The zero-order valence-electron chi connectivity index (χ0n) is 14.7. The number of hydrazone groups is 1. The van der Waals surface area contributed by atoms with Gasteiger partial charge in [0.15, 0.2) is 0 Å². The second-order valence-corrected chi connectivity index (χ2v) is 7.07. The van der Waals surface area contributed by atoms with Crippen LogP contribution in [0.3, 0.4) is 0 Å². The first-order valence-electron chi connectivity index (χ1n) is 8.89. The first kappa shape index (κ1) is 17.5. The molecule has 1 aromatic heterocycles. The van der Waals surface area contributed by atoms with Gasteiger partial charge in [-0.1, -0.05) is 54.1 Å². The molecule has 5 nitrogen and oxygen atoms in total. The van der Waals surface area contributed by atoms with E-state index in [1.54, 1.807) is 6.21 Å². The van der Waals surface area contributed by atoms with E-state index in [2.05, 4.69) is 22.7 Å². The molecule has 1 amide bonds. The number of hydrogen-bond acceptors (Lipinski definition) is 3. The van der Waals surface area contributed by atoms with E-state index in [1.807, 2.05) is 53.3 Å². The van der Waals surface area contributed by atoms with E-state index < -0.39 is 0 Å². The molecule has 4 rings (SSSR count). The Kier molecular flexibility index (Phi) is 5.03. The third-order valence-electron chi connectivity index (χ3n) is 4.42. The Morgan fingerprint density at radius 1 is 1.19 bits per heavy atom. The smallest absolute Gasteiger partial charge is 0.243 e. The van der Waals surface area contributed by atoms with Crippen LogP contribution >= 0.6 is 11.6 Å². The first-order chi connectivity index (χ1) is 13.2. The highest BCUT2D eigenvalue weighted by Crippen LogP contribution is 2.28. The Labute approximate surface area is 162 Å². The number of hydrogen-bond donors (Lipinski definition) is 1. The molecule has 2 aromatic carbocycles. The van der Waals surface area contributed by atoms with E-state index in [-0.39, 0.29) is 11.8 Å². The minimum absolute atomic E-state index is 0.0176. The topological polar surface area (TPSA) is 59.3 Å². The summed E-state index contributed by atoms with van der Waals surface area (Å²) in [4.78, 5) is 11.8. The number of benzene rings is 2. The molecule has 6 heteroatoms. The van der Waals surface area contributed by atoms with Crippen LogP contribution in [0.5, 0.6) is 0 Å². The maximum absolute atomic E-state index is 11.8. The fourth-order valence-electron chi connectivity index (χ4n) is 2.82. The Hall–Kier alpha value is -2.92. The summed E-state index contributed by atoms with van der Waals surface area (Å²) in [5, 5.41) is 9.52. The molecule has 0 saturated heterocycles. The molecule has 1 N–H and O–H groups in total. The van der Waals surface area contributed by atoms with Gasteiger partial charge < -0.3 is 0 Å². The summed E-state index contributed by atoms with van der Waals surface area (Å²) in [7, 11) is 0. The Balaban J connectivity index is 1.60. The molecule has 1 aliphatic rings. The van der Waals surface area contributed by atoms with Crippen molar-refractivity contribution in [1.29, 1.82) is 0 Å². The van der Waals surface area contributed by atoms with E-state index in [0.717, 1.165) is 35.2 Å². The predicted octanol–water partition coefficient (Wildman–Crippen LogP) is 4.11. The monoisotopic (exact) mass is 378 g/mol. The van der Waals surface area contributed by atoms with Crippen molar-refractivity contribution >= 4 is 23.7 Å². The summed E-state index contributed by atoms with van der Waals surface area (Å²) in [5.74, 6) is 0.106. The summed E-state index contributed by atoms with van der Waals surface area (Å²) in [6.45, 7) is 0.656. The SMILES string of the molecule is O=C(N/N=C\c1cn(Cc2ccccc2)nc1-c1ccc(Cl)cc1)C1CC1. The van der Waals surface area contributed by atoms with Crippen LogP contribution in [0.2, 0.25) is 5.02 Å². The van der Waals surface area contributed by atoms with E-state index in [1.165, 1.54) is 0 Å². The van der Waals surface area contributed by atoms with Crippen molar-refractivity contribution in [2.75, 3.05) is 0 Å². The predicted molar refractivity (Wildman–Crippen MR) is 107 cm³/mol. The van der Waals surface area contributed by atoms with Gasteiger partial charge in [-0.15, -0.1) is 0 Å². The number of rotatable bonds is 6. The van der Waals surface area contributed by atoms with Crippen LogP contribution in [0.15, 0.2) is 65.9 Å². The van der Waals surface area contributed by atoms with Gasteiger partial charge in [-0.2, -0.15) is 10.2 Å². The van der Waals surface area contributed by atoms with Crippen LogP contribution in [0, 0.1) is 5.92 Å². The van der Waals surface area contributed by atoms with Gasteiger partial charge in [0.05, 0.1) is 12.8 Å². The molecule has 0 unspecified atom stereocenters. The third-order valence-corrected chi connectivity index (χ3v) is 4.67. The third kappa shape index (κ3) is 4.44. The van der Waals surface area contributed by atoms with E-state index in [4.69, 9.17) is 16.7 Å². The van der Waals surface area contributed by atoms with Crippen molar-refractivity contribution in [3.05, 3.63) is 76.9 Å². The summed E-state index contributed by atoms with van der Waals surface area (Å²) in [6, 6.07) is 17.7. The highest BCUT2D eigenvalue weighted by molar-refractivity contribution is 6.30. The van der Waals surface area contributed by atoms with Crippen molar-refractivity contribution in [3.63, 3.8) is 0 Å². The molecule has 0 bridgehead atoms. The highest BCUT2D eigenvalue weighted by atomic mass is 35.5. The molecule has 3 aromatic rings. The van der Waals surface area contributed by atoms with Gasteiger partial charge in [-0.3, -0.25) is 9.48 Å². The summed E-state index contributed by atoms with van der Waals surface area (Å²) in [6.07, 6.45) is 5.49. The molecular weight excluding hydrogens is 360 g/mol. The van der Waals surface area contributed by atoms with Gasteiger partial charge in [-0.25, -0.2) is 5.43 Å². The summed E-state index contributed by atoms with van der Waals surface area (Å²) < 4.78 is 1.88.